The fourth-order valence-corrected chi connectivity index (χ4v) is 4.63. The van der Waals surface area contributed by atoms with Gasteiger partial charge in [-0.05, 0) is 18.9 Å². The van der Waals surface area contributed by atoms with Crippen molar-refractivity contribution in [3.05, 3.63) is 28.4 Å². The highest BCUT2D eigenvalue weighted by Gasteiger charge is 2.34. The molecular formula is C19H31N5O. The average molecular weight is 345 g/mol. The molecule has 6 heteroatoms. The molecule has 0 spiro atoms. The maximum absolute atomic E-state index is 11.6. The van der Waals surface area contributed by atoms with Gasteiger partial charge in [0.2, 0.25) is 0 Å². The van der Waals surface area contributed by atoms with Gasteiger partial charge in [-0.1, -0.05) is 19.3 Å². The Hall–Kier alpha value is -1.24. The van der Waals surface area contributed by atoms with E-state index in [1.54, 1.807) is 7.05 Å². The number of aromatic nitrogens is 2. The topological polar surface area (TPSA) is 44.6 Å². The van der Waals surface area contributed by atoms with Crippen LogP contribution in [0.15, 0.2) is 17.1 Å². The molecule has 0 radical (unpaired) electrons. The van der Waals surface area contributed by atoms with E-state index in [0.717, 1.165) is 31.4 Å². The average Bonchev–Trinajstić information content (AvgIpc) is 2.62. The van der Waals surface area contributed by atoms with Gasteiger partial charge in [-0.25, -0.2) is 4.79 Å². The van der Waals surface area contributed by atoms with Crippen molar-refractivity contribution in [1.29, 1.82) is 0 Å². The number of piperazine rings is 1. The second-order valence-corrected chi connectivity index (χ2v) is 8.02. The molecule has 1 aromatic rings. The van der Waals surface area contributed by atoms with Crippen LogP contribution in [0.3, 0.4) is 0 Å². The molecule has 0 N–H and O–H groups in total. The van der Waals surface area contributed by atoms with E-state index in [1.807, 2.05) is 12.3 Å². The Labute approximate surface area is 150 Å². The van der Waals surface area contributed by atoms with E-state index in [2.05, 4.69) is 19.7 Å². The van der Waals surface area contributed by atoms with E-state index in [0.29, 0.717) is 6.04 Å². The first-order valence-electron chi connectivity index (χ1n) is 9.92. The van der Waals surface area contributed by atoms with Gasteiger partial charge < -0.3 is 4.57 Å². The fourth-order valence-electron chi connectivity index (χ4n) is 4.63. The molecule has 2 saturated heterocycles. The summed E-state index contributed by atoms with van der Waals surface area (Å²) in [6, 6.07) is 3.51. The lowest BCUT2D eigenvalue weighted by Gasteiger charge is -2.49. The molecule has 1 saturated carbocycles. The summed E-state index contributed by atoms with van der Waals surface area (Å²) in [5.74, 6) is 0. The molecule has 0 atom stereocenters. The van der Waals surface area contributed by atoms with E-state index >= 15 is 0 Å². The highest BCUT2D eigenvalue weighted by Crippen LogP contribution is 2.25. The van der Waals surface area contributed by atoms with Gasteiger partial charge in [-0.2, -0.15) is 4.98 Å². The Morgan fingerprint density at radius 2 is 1.64 bits per heavy atom. The largest absolute Gasteiger partial charge is 0.347 e. The first-order chi connectivity index (χ1) is 12.2. The number of rotatable bonds is 4. The highest BCUT2D eigenvalue weighted by atomic mass is 16.1. The molecule has 138 valence electrons. The molecule has 6 nitrogen and oxygen atoms in total. The van der Waals surface area contributed by atoms with Crippen molar-refractivity contribution in [2.45, 2.75) is 50.7 Å². The van der Waals surface area contributed by atoms with E-state index in [1.165, 1.54) is 62.9 Å². The van der Waals surface area contributed by atoms with Crippen LogP contribution >= 0.6 is 0 Å². The summed E-state index contributed by atoms with van der Waals surface area (Å²) in [4.78, 5) is 23.6. The Morgan fingerprint density at radius 3 is 2.28 bits per heavy atom. The predicted molar refractivity (Wildman–Crippen MR) is 98.6 cm³/mol. The van der Waals surface area contributed by atoms with Gasteiger partial charge in [0.05, 0.1) is 5.69 Å². The predicted octanol–water partition coefficient (Wildman–Crippen LogP) is 0.915. The van der Waals surface area contributed by atoms with Crippen molar-refractivity contribution in [1.82, 2.24) is 24.3 Å². The van der Waals surface area contributed by atoms with Crippen molar-refractivity contribution in [2.24, 2.45) is 7.05 Å². The van der Waals surface area contributed by atoms with Gasteiger partial charge in [0.1, 0.15) is 0 Å². The van der Waals surface area contributed by atoms with Crippen LogP contribution in [-0.4, -0.2) is 75.6 Å². The zero-order valence-corrected chi connectivity index (χ0v) is 15.4. The zero-order chi connectivity index (χ0) is 17.2. The van der Waals surface area contributed by atoms with Gasteiger partial charge in [-0.15, -0.1) is 0 Å². The van der Waals surface area contributed by atoms with Gasteiger partial charge in [0.25, 0.3) is 0 Å². The lowest BCUT2D eigenvalue weighted by molar-refractivity contribution is -0.0109. The molecule has 0 amide bonds. The minimum atomic E-state index is -0.159. The lowest BCUT2D eigenvalue weighted by atomic mass is 9.93. The highest BCUT2D eigenvalue weighted by molar-refractivity contribution is 5.02. The zero-order valence-electron chi connectivity index (χ0n) is 15.4. The molecule has 3 heterocycles. The van der Waals surface area contributed by atoms with Crippen molar-refractivity contribution < 1.29 is 0 Å². The Morgan fingerprint density at radius 1 is 1.00 bits per heavy atom. The smallest absolute Gasteiger partial charge is 0.302 e. The number of aryl methyl sites for hydroxylation is 1. The second-order valence-electron chi connectivity index (χ2n) is 8.02. The monoisotopic (exact) mass is 345 g/mol. The molecule has 0 unspecified atom stereocenters. The van der Waals surface area contributed by atoms with Crippen LogP contribution in [0.2, 0.25) is 0 Å². The summed E-state index contributed by atoms with van der Waals surface area (Å²) in [7, 11) is 1.74. The summed E-state index contributed by atoms with van der Waals surface area (Å²) in [6.45, 7) is 7.96. The molecule has 3 fully saturated rings. The van der Waals surface area contributed by atoms with E-state index in [-0.39, 0.29) is 5.69 Å². The summed E-state index contributed by atoms with van der Waals surface area (Å²) < 4.78 is 1.52. The minimum absolute atomic E-state index is 0.159. The molecule has 0 aromatic carbocycles. The van der Waals surface area contributed by atoms with Crippen LogP contribution < -0.4 is 5.69 Å². The fraction of sp³-hybridized carbons (Fsp3) is 0.789. The van der Waals surface area contributed by atoms with Crippen LogP contribution in [0.1, 0.15) is 37.8 Å². The number of hydrogen-bond donors (Lipinski definition) is 0. The summed E-state index contributed by atoms with van der Waals surface area (Å²) >= 11 is 0. The van der Waals surface area contributed by atoms with Gasteiger partial charge in [0, 0.05) is 71.1 Å². The molecule has 4 rings (SSSR count). The third kappa shape index (κ3) is 3.96. The quantitative estimate of drug-likeness (QED) is 0.812. The Kier molecular flexibility index (Phi) is 5.20. The third-order valence-electron chi connectivity index (χ3n) is 6.31. The van der Waals surface area contributed by atoms with Gasteiger partial charge in [0.15, 0.2) is 0 Å². The first-order valence-corrected chi connectivity index (χ1v) is 9.92. The second kappa shape index (κ2) is 7.56. The van der Waals surface area contributed by atoms with E-state index < -0.39 is 0 Å². The SMILES string of the molecule is Cn1ccc(CN2CC(N3CCN(C4CCCCC4)CC3)C2)nc1=O. The molecule has 25 heavy (non-hydrogen) atoms. The molecule has 1 aliphatic carbocycles. The molecular weight excluding hydrogens is 314 g/mol. The summed E-state index contributed by atoms with van der Waals surface area (Å²) in [5, 5.41) is 0. The Bertz CT molecular complexity index is 625. The van der Waals surface area contributed by atoms with E-state index in [4.69, 9.17) is 0 Å². The maximum Gasteiger partial charge on any atom is 0.347 e. The van der Waals surface area contributed by atoms with Crippen LogP contribution in [0.4, 0.5) is 0 Å². The van der Waals surface area contributed by atoms with Crippen LogP contribution in [0.25, 0.3) is 0 Å². The lowest BCUT2D eigenvalue weighted by Crippen LogP contribution is -2.63. The number of likely N-dealkylation sites (tertiary alicyclic amines) is 1. The van der Waals surface area contributed by atoms with Crippen molar-refractivity contribution >= 4 is 0 Å². The minimum Gasteiger partial charge on any atom is -0.302 e. The normalized spacial score (nSPS) is 25.2. The van der Waals surface area contributed by atoms with Crippen molar-refractivity contribution in [3.63, 3.8) is 0 Å². The molecule has 3 aliphatic rings. The maximum atomic E-state index is 11.6. The number of hydrogen-bond acceptors (Lipinski definition) is 5. The van der Waals surface area contributed by atoms with Gasteiger partial charge >= 0.3 is 5.69 Å². The van der Waals surface area contributed by atoms with Crippen molar-refractivity contribution in [2.75, 3.05) is 39.3 Å². The summed E-state index contributed by atoms with van der Waals surface area (Å²) in [6.07, 6.45) is 8.95. The molecule has 2 aliphatic heterocycles. The molecule has 1 aromatic heterocycles. The van der Waals surface area contributed by atoms with Crippen LogP contribution in [-0.2, 0) is 13.6 Å². The standard InChI is InChI=1S/C19H31N5O/c1-21-8-7-16(20-19(21)25)13-22-14-18(15-22)24-11-9-23(10-12-24)17-5-3-2-4-6-17/h7-8,17-18H,2-6,9-15H2,1H3. The molecule has 0 bridgehead atoms. The van der Waals surface area contributed by atoms with Crippen molar-refractivity contribution in [3.8, 4) is 0 Å². The first kappa shape index (κ1) is 17.2. The number of nitrogens with zero attached hydrogens (tertiary/aromatic N) is 5. The third-order valence-corrected chi connectivity index (χ3v) is 6.31. The Balaban J connectivity index is 1.21. The van der Waals surface area contributed by atoms with Gasteiger partial charge in [-0.3, -0.25) is 14.7 Å². The van der Waals surface area contributed by atoms with Crippen LogP contribution in [0.5, 0.6) is 0 Å². The van der Waals surface area contributed by atoms with Crippen LogP contribution in [0, 0.1) is 0 Å². The summed E-state index contributed by atoms with van der Waals surface area (Å²) in [5.41, 5.74) is 0.733. The van der Waals surface area contributed by atoms with E-state index in [9.17, 15) is 4.79 Å².